The molecule has 0 spiro atoms. The molecule has 0 unspecified atom stereocenters. The average Bonchev–Trinajstić information content (AvgIpc) is 2.17. The van der Waals surface area contributed by atoms with Crippen LogP contribution in [0.15, 0.2) is 30.5 Å². The number of hydrogen-bond donors (Lipinski definition) is 0. The maximum Gasteiger partial charge on any atom is 0.235 e. The Morgan fingerprint density at radius 3 is 2.57 bits per heavy atom. The first-order valence-electron chi connectivity index (χ1n) is 3.83. The van der Waals surface area contributed by atoms with E-state index in [0.29, 0.717) is 4.61 Å². The molecule has 1 rings (SSSR count). The van der Waals surface area contributed by atoms with Gasteiger partial charge in [0.15, 0.2) is 0 Å². The molecule has 0 saturated carbocycles. The largest absolute Gasteiger partial charge is 0.483 e. The molecule has 0 radical (unpaired) electrons. The monoisotopic (exact) mass is 305 g/mol. The summed E-state index contributed by atoms with van der Waals surface area (Å²) in [6, 6.07) is 7.08. The summed E-state index contributed by atoms with van der Waals surface area (Å²) in [6.45, 7) is 0. The lowest BCUT2D eigenvalue weighted by Gasteiger charge is -2.00. The number of halogens is 1. The SMILES string of the molecule is O=[N+]([O-])C=Cc1ccc(OCI)cc1. The molecule has 0 aliphatic heterocycles. The Hall–Kier alpha value is -1.11. The van der Waals surface area contributed by atoms with Gasteiger partial charge in [-0.2, -0.15) is 0 Å². The third-order valence-corrected chi connectivity index (χ3v) is 1.80. The Balaban J connectivity index is 2.68. The second-order valence-electron chi connectivity index (χ2n) is 2.42. The Morgan fingerprint density at radius 1 is 1.43 bits per heavy atom. The highest BCUT2D eigenvalue weighted by atomic mass is 127. The molecule has 0 atom stereocenters. The van der Waals surface area contributed by atoms with Crippen molar-refractivity contribution in [3.8, 4) is 5.75 Å². The summed E-state index contributed by atoms with van der Waals surface area (Å²) in [5.74, 6) is 0.762. The van der Waals surface area contributed by atoms with Crippen LogP contribution in [-0.2, 0) is 0 Å². The Morgan fingerprint density at radius 2 is 2.07 bits per heavy atom. The maximum absolute atomic E-state index is 10.0. The van der Waals surface area contributed by atoms with E-state index >= 15 is 0 Å². The van der Waals surface area contributed by atoms with Crippen LogP contribution < -0.4 is 4.74 Å². The molecule has 74 valence electrons. The number of rotatable bonds is 4. The smallest absolute Gasteiger partial charge is 0.235 e. The minimum atomic E-state index is -0.491. The van der Waals surface area contributed by atoms with Crippen molar-refractivity contribution in [1.29, 1.82) is 0 Å². The highest BCUT2D eigenvalue weighted by Gasteiger charge is 1.93. The normalized spacial score (nSPS) is 10.4. The fourth-order valence-electron chi connectivity index (χ4n) is 0.885. The van der Waals surface area contributed by atoms with Gasteiger partial charge in [0, 0.05) is 6.08 Å². The van der Waals surface area contributed by atoms with Gasteiger partial charge < -0.3 is 4.74 Å². The van der Waals surface area contributed by atoms with Crippen molar-refractivity contribution in [3.63, 3.8) is 0 Å². The molecule has 0 aliphatic carbocycles. The van der Waals surface area contributed by atoms with Gasteiger partial charge in [0.2, 0.25) is 6.20 Å². The summed E-state index contributed by atoms with van der Waals surface area (Å²) in [4.78, 5) is 9.54. The van der Waals surface area contributed by atoms with E-state index < -0.39 is 4.92 Å². The van der Waals surface area contributed by atoms with Crippen LogP contribution in [0, 0.1) is 10.1 Å². The minimum Gasteiger partial charge on any atom is -0.483 e. The Labute approximate surface area is 94.9 Å². The maximum atomic E-state index is 10.0. The van der Waals surface area contributed by atoms with Crippen molar-refractivity contribution >= 4 is 28.7 Å². The van der Waals surface area contributed by atoms with E-state index in [4.69, 9.17) is 4.74 Å². The van der Waals surface area contributed by atoms with Crippen LogP contribution >= 0.6 is 22.6 Å². The van der Waals surface area contributed by atoms with E-state index in [0.717, 1.165) is 17.5 Å². The molecule has 4 nitrogen and oxygen atoms in total. The van der Waals surface area contributed by atoms with Crippen molar-refractivity contribution in [2.75, 3.05) is 4.61 Å². The minimum absolute atomic E-state index is 0.491. The van der Waals surface area contributed by atoms with Gasteiger partial charge in [0.1, 0.15) is 10.4 Å². The van der Waals surface area contributed by atoms with Gasteiger partial charge in [-0.05, 0) is 40.3 Å². The van der Waals surface area contributed by atoms with E-state index in [-0.39, 0.29) is 0 Å². The molecular weight excluding hydrogens is 297 g/mol. The Kier molecular flexibility index (Phi) is 4.37. The lowest BCUT2D eigenvalue weighted by atomic mass is 10.2. The van der Waals surface area contributed by atoms with Crippen LogP contribution in [0.1, 0.15) is 5.56 Å². The first-order valence-corrected chi connectivity index (χ1v) is 5.35. The second-order valence-corrected chi connectivity index (χ2v) is 3.05. The fourth-order valence-corrected chi connectivity index (χ4v) is 1.24. The third-order valence-electron chi connectivity index (χ3n) is 1.49. The number of alkyl halides is 1. The molecule has 1 aromatic rings. The molecule has 0 amide bonds. The summed E-state index contributed by atoms with van der Waals surface area (Å²) in [5.41, 5.74) is 0.780. The van der Waals surface area contributed by atoms with Gasteiger partial charge in [0.25, 0.3) is 0 Å². The van der Waals surface area contributed by atoms with Gasteiger partial charge in [-0.15, -0.1) is 0 Å². The topological polar surface area (TPSA) is 52.4 Å². The summed E-state index contributed by atoms with van der Waals surface area (Å²) < 4.78 is 5.80. The molecule has 0 bridgehead atoms. The molecule has 0 aliphatic rings. The van der Waals surface area contributed by atoms with Crippen LogP contribution in [0.4, 0.5) is 0 Å². The summed E-state index contributed by atoms with van der Waals surface area (Å²) in [6.07, 6.45) is 2.35. The van der Waals surface area contributed by atoms with Gasteiger partial charge >= 0.3 is 0 Å². The number of benzene rings is 1. The Bertz CT molecular complexity index is 334. The number of nitro groups is 1. The number of hydrogen-bond acceptors (Lipinski definition) is 3. The van der Waals surface area contributed by atoms with E-state index in [1.54, 1.807) is 24.3 Å². The molecule has 5 heteroatoms. The zero-order chi connectivity index (χ0) is 10.4. The first kappa shape index (κ1) is 11.0. The molecule has 14 heavy (non-hydrogen) atoms. The molecule has 0 N–H and O–H groups in total. The van der Waals surface area contributed by atoms with Gasteiger partial charge in [-0.3, -0.25) is 10.1 Å². The lowest BCUT2D eigenvalue weighted by molar-refractivity contribution is -0.400. The van der Waals surface area contributed by atoms with Crippen LogP contribution in [-0.4, -0.2) is 9.54 Å². The van der Waals surface area contributed by atoms with E-state index in [1.165, 1.54) is 6.08 Å². The molecule has 1 aromatic carbocycles. The number of nitrogens with zero attached hydrogens (tertiary/aromatic N) is 1. The van der Waals surface area contributed by atoms with E-state index in [1.807, 2.05) is 0 Å². The highest BCUT2D eigenvalue weighted by molar-refractivity contribution is 14.1. The van der Waals surface area contributed by atoms with Crippen molar-refractivity contribution < 1.29 is 9.66 Å². The fraction of sp³-hybridized carbons (Fsp3) is 0.111. The average molecular weight is 305 g/mol. The second kappa shape index (κ2) is 5.58. The zero-order valence-corrected chi connectivity index (χ0v) is 9.38. The summed E-state index contributed by atoms with van der Waals surface area (Å²) in [5, 5.41) is 10.0. The zero-order valence-electron chi connectivity index (χ0n) is 7.22. The van der Waals surface area contributed by atoms with Crippen LogP contribution in [0.3, 0.4) is 0 Å². The van der Waals surface area contributed by atoms with Crippen LogP contribution in [0.2, 0.25) is 0 Å². The van der Waals surface area contributed by atoms with Crippen molar-refractivity contribution in [1.82, 2.24) is 0 Å². The molecule has 0 aromatic heterocycles. The molecular formula is C9H8INO3. The van der Waals surface area contributed by atoms with Gasteiger partial charge in [0.05, 0.1) is 4.92 Å². The van der Waals surface area contributed by atoms with Crippen molar-refractivity contribution in [3.05, 3.63) is 46.1 Å². The van der Waals surface area contributed by atoms with Gasteiger partial charge in [-0.1, -0.05) is 12.1 Å². The predicted molar refractivity (Wildman–Crippen MR) is 62.0 cm³/mol. The summed E-state index contributed by atoms with van der Waals surface area (Å²) in [7, 11) is 0. The quantitative estimate of drug-likeness (QED) is 0.372. The lowest BCUT2D eigenvalue weighted by Crippen LogP contribution is -1.87. The predicted octanol–water partition coefficient (Wildman–Crippen LogP) is 2.71. The van der Waals surface area contributed by atoms with E-state index in [2.05, 4.69) is 22.6 Å². The standard InChI is InChI=1S/C9H8INO3/c10-7-14-9-3-1-8(2-4-9)5-6-11(12)13/h1-6H,7H2. The molecule has 0 heterocycles. The van der Waals surface area contributed by atoms with Gasteiger partial charge in [-0.25, -0.2) is 0 Å². The highest BCUT2D eigenvalue weighted by Crippen LogP contribution is 2.13. The van der Waals surface area contributed by atoms with Crippen LogP contribution in [0.25, 0.3) is 6.08 Å². The molecule has 0 fully saturated rings. The van der Waals surface area contributed by atoms with E-state index in [9.17, 15) is 10.1 Å². The summed E-state index contributed by atoms with van der Waals surface area (Å²) >= 11 is 2.10. The van der Waals surface area contributed by atoms with Crippen LogP contribution in [0.5, 0.6) is 5.75 Å². The third kappa shape index (κ3) is 3.73. The molecule has 0 saturated heterocycles. The number of ether oxygens (including phenoxy) is 1. The van der Waals surface area contributed by atoms with Crippen molar-refractivity contribution in [2.24, 2.45) is 0 Å². The first-order chi connectivity index (χ1) is 6.72. The van der Waals surface area contributed by atoms with Crippen molar-refractivity contribution in [2.45, 2.75) is 0 Å².